The predicted octanol–water partition coefficient (Wildman–Crippen LogP) is 3.69. The van der Waals surface area contributed by atoms with E-state index in [9.17, 15) is 9.59 Å². The van der Waals surface area contributed by atoms with Crippen molar-refractivity contribution in [1.82, 2.24) is 14.5 Å². The average molecular weight is 355 g/mol. The maximum absolute atomic E-state index is 12.5. The Morgan fingerprint density at radius 3 is 2.38 bits per heavy atom. The van der Waals surface area contributed by atoms with Gasteiger partial charge in [-0.3, -0.25) is 4.79 Å². The van der Waals surface area contributed by atoms with Gasteiger partial charge in [0.05, 0.1) is 6.33 Å². The zero-order chi connectivity index (χ0) is 18.7. The van der Waals surface area contributed by atoms with E-state index < -0.39 is 5.60 Å². The molecule has 0 N–H and O–H groups in total. The van der Waals surface area contributed by atoms with E-state index in [0.717, 1.165) is 12.8 Å². The minimum atomic E-state index is -0.481. The Morgan fingerprint density at radius 2 is 1.77 bits per heavy atom. The van der Waals surface area contributed by atoms with Crippen LogP contribution in [0.15, 0.2) is 42.9 Å². The van der Waals surface area contributed by atoms with Crippen LogP contribution in [0.5, 0.6) is 0 Å². The SMILES string of the molecule is CC(C)(C)OC(=O)N1CCC(n2cnc(C(=O)c3ccccc3)c2)CC1. The first-order valence-electron chi connectivity index (χ1n) is 8.94. The molecule has 1 fully saturated rings. The summed E-state index contributed by atoms with van der Waals surface area (Å²) in [4.78, 5) is 30.6. The zero-order valence-corrected chi connectivity index (χ0v) is 15.5. The number of amides is 1. The normalized spacial score (nSPS) is 15.7. The Morgan fingerprint density at radius 1 is 1.12 bits per heavy atom. The molecule has 138 valence electrons. The second kappa shape index (κ2) is 7.32. The number of benzene rings is 1. The van der Waals surface area contributed by atoms with Crippen molar-refractivity contribution in [2.45, 2.75) is 45.3 Å². The van der Waals surface area contributed by atoms with Gasteiger partial charge >= 0.3 is 6.09 Å². The molecule has 0 bridgehead atoms. The van der Waals surface area contributed by atoms with Gasteiger partial charge in [-0.05, 0) is 33.6 Å². The van der Waals surface area contributed by atoms with Gasteiger partial charge in [0.25, 0.3) is 0 Å². The quantitative estimate of drug-likeness (QED) is 0.788. The molecule has 1 aromatic carbocycles. The molecule has 0 radical (unpaired) electrons. The predicted molar refractivity (Wildman–Crippen MR) is 98.2 cm³/mol. The van der Waals surface area contributed by atoms with E-state index in [2.05, 4.69) is 4.98 Å². The molecule has 3 rings (SSSR count). The number of likely N-dealkylation sites (tertiary alicyclic amines) is 1. The summed E-state index contributed by atoms with van der Waals surface area (Å²) < 4.78 is 7.41. The molecule has 0 unspecified atom stereocenters. The molecule has 0 saturated carbocycles. The van der Waals surface area contributed by atoms with Crippen molar-refractivity contribution in [2.75, 3.05) is 13.1 Å². The first kappa shape index (κ1) is 18.2. The molecule has 0 aliphatic carbocycles. The first-order valence-corrected chi connectivity index (χ1v) is 8.94. The van der Waals surface area contributed by atoms with E-state index in [4.69, 9.17) is 4.74 Å². The lowest BCUT2D eigenvalue weighted by Crippen LogP contribution is -2.42. The number of ether oxygens (including phenoxy) is 1. The number of hydrogen-bond acceptors (Lipinski definition) is 4. The number of nitrogens with zero attached hydrogens (tertiary/aromatic N) is 3. The van der Waals surface area contributed by atoms with Crippen molar-refractivity contribution >= 4 is 11.9 Å². The van der Waals surface area contributed by atoms with Crippen LogP contribution in [0.2, 0.25) is 0 Å². The highest BCUT2D eigenvalue weighted by Gasteiger charge is 2.27. The molecular formula is C20H25N3O3. The van der Waals surface area contributed by atoms with Crippen LogP contribution in [-0.2, 0) is 4.74 Å². The van der Waals surface area contributed by atoms with E-state index in [1.54, 1.807) is 23.4 Å². The number of piperidine rings is 1. The number of hydrogen-bond donors (Lipinski definition) is 0. The van der Waals surface area contributed by atoms with Gasteiger partial charge in [-0.25, -0.2) is 9.78 Å². The highest BCUT2D eigenvalue weighted by molar-refractivity contribution is 6.07. The van der Waals surface area contributed by atoms with Crippen molar-refractivity contribution in [3.8, 4) is 0 Å². The van der Waals surface area contributed by atoms with Crippen molar-refractivity contribution < 1.29 is 14.3 Å². The molecule has 6 heteroatoms. The van der Waals surface area contributed by atoms with E-state index in [1.165, 1.54) is 0 Å². The average Bonchev–Trinajstić information content (AvgIpc) is 3.10. The van der Waals surface area contributed by atoms with Gasteiger partial charge in [-0.2, -0.15) is 0 Å². The van der Waals surface area contributed by atoms with E-state index >= 15 is 0 Å². The lowest BCUT2D eigenvalue weighted by molar-refractivity contribution is 0.0188. The van der Waals surface area contributed by atoms with Crippen LogP contribution in [0.4, 0.5) is 4.79 Å². The molecule has 2 aromatic rings. The topological polar surface area (TPSA) is 64.4 Å². The van der Waals surface area contributed by atoms with Crippen molar-refractivity contribution in [3.63, 3.8) is 0 Å². The standard InChI is InChI=1S/C20H25N3O3/c1-20(2,3)26-19(25)22-11-9-16(10-12-22)23-13-17(21-14-23)18(24)15-7-5-4-6-8-15/h4-8,13-14,16H,9-12H2,1-3H3. The Hall–Kier alpha value is -2.63. The number of imidazole rings is 1. The molecule has 0 spiro atoms. The minimum Gasteiger partial charge on any atom is -0.444 e. The lowest BCUT2D eigenvalue weighted by Gasteiger charge is -2.33. The maximum Gasteiger partial charge on any atom is 0.410 e. The van der Waals surface area contributed by atoms with Gasteiger partial charge in [0, 0.05) is 30.9 Å². The number of carbonyl (C=O) groups is 2. The molecule has 1 aliphatic heterocycles. The van der Waals surface area contributed by atoms with Crippen molar-refractivity contribution in [2.24, 2.45) is 0 Å². The lowest BCUT2D eigenvalue weighted by atomic mass is 10.1. The molecule has 0 atom stereocenters. The molecule has 26 heavy (non-hydrogen) atoms. The summed E-state index contributed by atoms with van der Waals surface area (Å²) in [6.45, 7) is 6.89. The van der Waals surface area contributed by atoms with Gasteiger partial charge < -0.3 is 14.2 Å². The largest absolute Gasteiger partial charge is 0.444 e. The molecule has 6 nitrogen and oxygen atoms in total. The van der Waals surface area contributed by atoms with Gasteiger partial charge in [-0.1, -0.05) is 30.3 Å². The molecule has 1 aromatic heterocycles. The molecule has 1 amide bonds. The van der Waals surface area contributed by atoms with Crippen molar-refractivity contribution in [3.05, 3.63) is 54.1 Å². The van der Waals surface area contributed by atoms with Crippen LogP contribution >= 0.6 is 0 Å². The summed E-state index contributed by atoms with van der Waals surface area (Å²) in [7, 11) is 0. The Balaban J connectivity index is 1.60. The zero-order valence-electron chi connectivity index (χ0n) is 15.5. The molecular weight excluding hydrogens is 330 g/mol. The summed E-state index contributed by atoms with van der Waals surface area (Å²) in [5.74, 6) is -0.0736. The van der Waals surface area contributed by atoms with Gasteiger partial charge in [0.2, 0.25) is 5.78 Å². The number of rotatable bonds is 3. The second-order valence-corrected chi connectivity index (χ2v) is 7.60. The number of ketones is 1. The molecule has 1 saturated heterocycles. The highest BCUT2D eigenvalue weighted by Crippen LogP contribution is 2.24. The number of carbonyl (C=O) groups excluding carboxylic acids is 2. The third-order valence-electron chi connectivity index (χ3n) is 4.41. The van der Waals surface area contributed by atoms with Crippen LogP contribution in [-0.4, -0.2) is 45.0 Å². The summed E-state index contributed by atoms with van der Waals surface area (Å²) in [6, 6.07) is 9.39. The summed E-state index contributed by atoms with van der Waals surface area (Å²) in [6.07, 6.45) is 4.89. The third-order valence-corrected chi connectivity index (χ3v) is 4.41. The molecule has 1 aliphatic rings. The van der Waals surface area contributed by atoms with Gasteiger partial charge in [0.1, 0.15) is 11.3 Å². The monoisotopic (exact) mass is 355 g/mol. The fraction of sp³-hybridized carbons (Fsp3) is 0.450. The highest BCUT2D eigenvalue weighted by atomic mass is 16.6. The first-order chi connectivity index (χ1) is 12.3. The number of aromatic nitrogens is 2. The van der Waals surface area contributed by atoms with Crippen LogP contribution in [0.25, 0.3) is 0 Å². The van der Waals surface area contributed by atoms with Crippen LogP contribution in [0.3, 0.4) is 0 Å². The Kier molecular flexibility index (Phi) is 5.11. The summed E-state index contributed by atoms with van der Waals surface area (Å²) >= 11 is 0. The summed E-state index contributed by atoms with van der Waals surface area (Å²) in [5.41, 5.74) is 0.605. The maximum atomic E-state index is 12.5. The van der Waals surface area contributed by atoms with Crippen LogP contribution in [0, 0.1) is 0 Å². The van der Waals surface area contributed by atoms with E-state index in [0.29, 0.717) is 24.3 Å². The van der Waals surface area contributed by atoms with Gasteiger partial charge in [0.15, 0.2) is 0 Å². The van der Waals surface area contributed by atoms with Crippen LogP contribution < -0.4 is 0 Å². The van der Waals surface area contributed by atoms with Crippen LogP contribution in [0.1, 0.15) is 55.7 Å². The van der Waals surface area contributed by atoms with Crippen molar-refractivity contribution in [1.29, 1.82) is 0 Å². The fourth-order valence-electron chi connectivity index (χ4n) is 3.06. The molecule has 2 heterocycles. The smallest absolute Gasteiger partial charge is 0.410 e. The summed E-state index contributed by atoms with van der Waals surface area (Å²) in [5, 5.41) is 0. The minimum absolute atomic E-state index is 0.0736. The van der Waals surface area contributed by atoms with Gasteiger partial charge in [-0.15, -0.1) is 0 Å². The van der Waals surface area contributed by atoms with E-state index in [-0.39, 0.29) is 17.9 Å². The Bertz CT molecular complexity index is 769. The fourth-order valence-corrected chi connectivity index (χ4v) is 3.06. The van der Waals surface area contributed by atoms with E-state index in [1.807, 2.05) is 49.7 Å². The third kappa shape index (κ3) is 4.31. The second-order valence-electron chi connectivity index (χ2n) is 7.60. The Labute approximate surface area is 153 Å².